The smallest absolute Gasteiger partial charge is 0.235 e. The lowest BCUT2D eigenvalue weighted by Crippen LogP contribution is -2.31. The van der Waals surface area contributed by atoms with Crippen molar-refractivity contribution in [3.05, 3.63) is 71.3 Å². The normalized spacial score (nSPS) is 11.2. The van der Waals surface area contributed by atoms with Gasteiger partial charge in [-0.15, -0.1) is 0 Å². The van der Waals surface area contributed by atoms with Gasteiger partial charge in [-0.1, -0.05) is 54.6 Å². The molecule has 2 aromatic rings. The highest BCUT2D eigenvalue weighted by atomic mass is 32.2. The van der Waals surface area contributed by atoms with Crippen molar-refractivity contribution in [2.75, 3.05) is 11.5 Å². The van der Waals surface area contributed by atoms with Crippen molar-refractivity contribution < 1.29 is 13.2 Å². The first-order valence-corrected chi connectivity index (χ1v) is 9.84. The maximum atomic E-state index is 12.0. The molecule has 4 nitrogen and oxygen atoms in total. The van der Waals surface area contributed by atoms with E-state index in [4.69, 9.17) is 0 Å². The van der Waals surface area contributed by atoms with E-state index < -0.39 is 21.5 Å². The number of carbonyl (C=O) groups is 1. The lowest BCUT2D eigenvalue weighted by Gasteiger charge is -2.08. The van der Waals surface area contributed by atoms with Gasteiger partial charge in [0.15, 0.2) is 9.84 Å². The van der Waals surface area contributed by atoms with Gasteiger partial charge in [-0.2, -0.15) is 0 Å². The summed E-state index contributed by atoms with van der Waals surface area (Å²) in [6.07, 6.45) is 1.22. The van der Waals surface area contributed by atoms with E-state index in [1.54, 1.807) is 0 Å². The monoisotopic (exact) mass is 345 g/mol. The lowest BCUT2D eigenvalue weighted by molar-refractivity contribution is -0.118. The number of amides is 1. The third kappa shape index (κ3) is 6.16. The van der Waals surface area contributed by atoms with Gasteiger partial charge in [0.2, 0.25) is 5.91 Å². The Balaban J connectivity index is 1.76. The number of rotatable bonds is 8. The highest BCUT2D eigenvalue weighted by molar-refractivity contribution is 7.92. The molecule has 24 heavy (non-hydrogen) atoms. The van der Waals surface area contributed by atoms with E-state index in [0.717, 1.165) is 16.7 Å². The van der Waals surface area contributed by atoms with Crippen LogP contribution in [0.1, 0.15) is 23.1 Å². The summed E-state index contributed by atoms with van der Waals surface area (Å²) in [4.78, 5) is 11.9. The van der Waals surface area contributed by atoms with Crippen LogP contribution in [0.25, 0.3) is 0 Å². The van der Waals surface area contributed by atoms with Gasteiger partial charge < -0.3 is 5.32 Å². The summed E-state index contributed by atoms with van der Waals surface area (Å²) in [6, 6.07) is 17.5. The summed E-state index contributed by atoms with van der Waals surface area (Å²) in [5, 5.41) is 2.69. The Bertz CT molecular complexity index is 770. The molecule has 0 aliphatic carbocycles. The standard InChI is InChI=1S/C19H23NO3S/c1-16-8-5-6-12-18(16)14-20-19(21)15-24(22,23)13-7-11-17-9-3-2-4-10-17/h2-6,8-10,12H,7,11,13-15H2,1H3,(H,20,21). The predicted octanol–water partition coefficient (Wildman–Crippen LogP) is 2.66. The minimum absolute atomic E-state index is 0.0275. The number of aryl methyl sites for hydroxylation is 2. The number of sulfone groups is 1. The number of hydrogen-bond donors (Lipinski definition) is 1. The summed E-state index contributed by atoms with van der Waals surface area (Å²) in [7, 11) is -3.38. The third-order valence-corrected chi connectivity index (χ3v) is 5.46. The minimum atomic E-state index is -3.38. The highest BCUT2D eigenvalue weighted by Crippen LogP contribution is 2.07. The Kier molecular flexibility index (Phi) is 6.55. The molecule has 0 fully saturated rings. The van der Waals surface area contributed by atoms with Crippen LogP contribution in [0.15, 0.2) is 54.6 Å². The molecule has 128 valence electrons. The number of benzene rings is 2. The number of carbonyl (C=O) groups excluding carboxylic acids is 1. The van der Waals surface area contributed by atoms with Crippen LogP contribution < -0.4 is 5.32 Å². The lowest BCUT2D eigenvalue weighted by atomic mass is 10.1. The Labute approximate surface area is 143 Å². The first kappa shape index (κ1) is 18.2. The molecule has 0 heterocycles. The third-order valence-electron chi connectivity index (χ3n) is 3.85. The molecule has 1 amide bonds. The SMILES string of the molecule is Cc1ccccc1CNC(=O)CS(=O)(=O)CCCc1ccccc1. The van der Waals surface area contributed by atoms with E-state index >= 15 is 0 Å². The molecule has 0 atom stereocenters. The maximum Gasteiger partial charge on any atom is 0.235 e. The quantitative estimate of drug-likeness (QED) is 0.800. The maximum absolute atomic E-state index is 12.0. The Morgan fingerprint density at radius 1 is 1.00 bits per heavy atom. The molecule has 0 unspecified atom stereocenters. The fraction of sp³-hybridized carbons (Fsp3) is 0.316. The molecular weight excluding hydrogens is 322 g/mol. The molecule has 2 rings (SSSR count). The van der Waals surface area contributed by atoms with Crippen molar-refractivity contribution in [1.29, 1.82) is 0 Å². The molecule has 0 saturated heterocycles. The van der Waals surface area contributed by atoms with E-state index in [9.17, 15) is 13.2 Å². The van der Waals surface area contributed by atoms with Crippen LogP contribution in [0.4, 0.5) is 0 Å². The average Bonchev–Trinajstić information content (AvgIpc) is 2.54. The van der Waals surface area contributed by atoms with Crippen molar-refractivity contribution in [1.82, 2.24) is 5.32 Å². The Hall–Kier alpha value is -2.14. The van der Waals surface area contributed by atoms with Crippen molar-refractivity contribution in [3.63, 3.8) is 0 Å². The molecule has 2 aromatic carbocycles. The van der Waals surface area contributed by atoms with Crippen LogP contribution in [0, 0.1) is 6.92 Å². The van der Waals surface area contributed by atoms with Gasteiger partial charge >= 0.3 is 0 Å². The van der Waals surface area contributed by atoms with Gasteiger partial charge in [-0.25, -0.2) is 8.42 Å². The summed E-state index contributed by atoms with van der Waals surface area (Å²) in [5.74, 6) is -0.870. The van der Waals surface area contributed by atoms with Crippen LogP contribution in [0.3, 0.4) is 0 Å². The first-order chi connectivity index (χ1) is 11.5. The fourth-order valence-electron chi connectivity index (χ4n) is 2.47. The largest absolute Gasteiger partial charge is 0.351 e. The molecule has 0 aliphatic heterocycles. The van der Waals surface area contributed by atoms with E-state index in [2.05, 4.69) is 5.32 Å². The van der Waals surface area contributed by atoms with Crippen LogP contribution in [-0.2, 0) is 27.6 Å². The van der Waals surface area contributed by atoms with E-state index in [-0.39, 0.29) is 5.75 Å². The van der Waals surface area contributed by atoms with Gasteiger partial charge in [0.05, 0.1) is 5.75 Å². The van der Waals surface area contributed by atoms with E-state index in [1.807, 2.05) is 61.5 Å². The second kappa shape index (κ2) is 8.64. The van der Waals surface area contributed by atoms with E-state index in [0.29, 0.717) is 19.4 Å². The molecule has 0 aromatic heterocycles. The van der Waals surface area contributed by atoms with Crippen molar-refractivity contribution in [3.8, 4) is 0 Å². The molecule has 0 aliphatic rings. The van der Waals surface area contributed by atoms with Crippen molar-refractivity contribution >= 4 is 15.7 Å². The zero-order valence-electron chi connectivity index (χ0n) is 13.9. The topological polar surface area (TPSA) is 63.2 Å². The fourth-order valence-corrected chi connectivity index (χ4v) is 3.70. The minimum Gasteiger partial charge on any atom is -0.351 e. The summed E-state index contributed by atoms with van der Waals surface area (Å²) in [6.45, 7) is 2.31. The van der Waals surface area contributed by atoms with Crippen molar-refractivity contribution in [2.24, 2.45) is 0 Å². The van der Waals surface area contributed by atoms with Gasteiger partial charge in [0.25, 0.3) is 0 Å². The van der Waals surface area contributed by atoms with Crippen LogP contribution in [0.5, 0.6) is 0 Å². The first-order valence-electron chi connectivity index (χ1n) is 8.02. The number of hydrogen-bond acceptors (Lipinski definition) is 3. The second-order valence-corrected chi connectivity index (χ2v) is 8.07. The molecular formula is C19H23NO3S. The zero-order chi connectivity index (χ0) is 17.4. The van der Waals surface area contributed by atoms with Crippen LogP contribution in [-0.4, -0.2) is 25.8 Å². The Morgan fingerprint density at radius 2 is 1.67 bits per heavy atom. The molecule has 0 saturated carbocycles. The Morgan fingerprint density at radius 3 is 2.38 bits per heavy atom. The van der Waals surface area contributed by atoms with Crippen LogP contribution >= 0.6 is 0 Å². The predicted molar refractivity (Wildman–Crippen MR) is 96.4 cm³/mol. The highest BCUT2D eigenvalue weighted by Gasteiger charge is 2.16. The average molecular weight is 345 g/mol. The van der Waals surface area contributed by atoms with Gasteiger partial charge in [-0.05, 0) is 36.5 Å². The van der Waals surface area contributed by atoms with Gasteiger partial charge in [0.1, 0.15) is 5.75 Å². The molecule has 0 radical (unpaired) electrons. The van der Waals surface area contributed by atoms with E-state index in [1.165, 1.54) is 0 Å². The summed E-state index contributed by atoms with van der Waals surface area (Å²) < 4.78 is 24.1. The van der Waals surface area contributed by atoms with Crippen LogP contribution in [0.2, 0.25) is 0 Å². The van der Waals surface area contributed by atoms with Gasteiger partial charge in [0, 0.05) is 6.54 Å². The van der Waals surface area contributed by atoms with Gasteiger partial charge in [-0.3, -0.25) is 4.79 Å². The number of nitrogens with one attached hydrogen (secondary N) is 1. The van der Waals surface area contributed by atoms with Crippen molar-refractivity contribution in [2.45, 2.75) is 26.3 Å². The molecule has 0 bridgehead atoms. The molecule has 1 N–H and O–H groups in total. The molecule has 5 heteroatoms. The zero-order valence-corrected chi connectivity index (χ0v) is 14.7. The summed E-state index contributed by atoms with van der Waals surface area (Å²) >= 11 is 0. The molecule has 0 spiro atoms. The second-order valence-electron chi connectivity index (χ2n) is 5.88. The summed E-state index contributed by atoms with van der Waals surface area (Å²) in [5.41, 5.74) is 3.17.